The van der Waals surface area contributed by atoms with Crippen LogP contribution in [-0.2, 0) is 11.8 Å². The van der Waals surface area contributed by atoms with Crippen molar-refractivity contribution in [2.75, 3.05) is 13.4 Å². The van der Waals surface area contributed by atoms with Crippen molar-refractivity contribution < 1.29 is 14.1 Å². The molecule has 1 rings (SSSR count). The lowest BCUT2D eigenvalue weighted by atomic mass is 10.3. The highest BCUT2D eigenvalue weighted by atomic mass is 32.2. The maximum Gasteiger partial charge on any atom is 0.339 e. The summed E-state index contributed by atoms with van der Waals surface area (Å²) in [4.78, 5) is 12.2. The molecule has 0 fully saturated rings. The predicted octanol–water partition coefficient (Wildman–Crippen LogP) is 1.02. The number of aromatic nitrogens is 1. The molecule has 0 saturated carbocycles. The Hall–Kier alpha value is -1.03. The third kappa shape index (κ3) is 2.21. The molecule has 13 heavy (non-hydrogen) atoms. The molecule has 0 bridgehead atoms. The van der Waals surface area contributed by atoms with Gasteiger partial charge in [0.25, 0.3) is 0 Å². The number of methoxy groups -OCH3 is 1. The highest BCUT2D eigenvalue weighted by Gasteiger charge is 2.13. The maximum absolute atomic E-state index is 11.3. The van der Waals surface area contributed by atoms with Gasteiger partial charge in [-0.25, -0.2) is 9.36 Å². The Bertz CT molecular complexity index is 325. The van der Waals surface area contributed by atoms with Gasteiger partial charge in [-0.05, 0) is 6.26 Å². The van der Waals surface area contributed by atoms with Crippen LogP contribution in [0.5, 0.6) is 0 Å². The summed E-state index contributed by atoms with van der Waals surface area (Å²) in [5.74, 6) is -0.287. The van der Waals surface area contributed by atoms with E-state index in [1.807, 2.05) is 30.3 Å². The third-order valence-electron chi connectivity index (χ3n) is 1.69. The van der Waals surface area contributed by atoms with Crippen LogP contribution >= 0.6 is 11.8 Å². The molecule has 0 spiro atoms. The van der Waals surface area contributed by atoms with Crippen LogP contribution in [0.1, 0.15) is 10.4 Å². The second-order valence-electron chi connectivity index (χ2n) is 2.58. The van der Waals surface area contributed by atoms with Gasteiger partial charge in [-0.2, -0.15) is 0 Å². The number of carbonyl (C=O) groups excluding carboxylic acids is 1. The molecule has 0 N–H and O–H groups in total. The third-order valence-corrected chi connectivity index (χ3v) is 2.45. The Balaban J connectivity index is 3.13. The Morgan fingerprint density at radius 1 is 1.62 bits per heavy atom. The van der Waals surface area contributed by atoms with E-state index in [9.17, 15) is 4.79 Å². The van der Waals surface area contributed by atoms with Gasteiger partial charge in [-0.1, -0.05) is 0 Å². The molecule has 0 aliphatic carbocycles. The number of hydrogen-bond acceptors (Lipinski definition) is 3. The summed E-state index contributed by atoms with van der Waals surface area (Å²) in [5.41, 5.74) is 0.619. The smallest absolute Gasteiger partial charge is 0.339 e. The Morgan fingerprint density at radius 3 is 2.85 bits per heavy atom. The zero-order valence-corrected chi connectivity index (χ0v) is 8.72. The summed E-state index contributed by atoms with van der Waals surface area (Å²) in [7, 11) is 3.31. The van der Waals surface area contributed by atoms with Crippen LogP contribution in [0, 0.1) is 0 Å². The lowest BCUT2D eigenvalue weighted by molar-refractivity contribution is -0.673. The Morgan fingerprint density at radius 2 is 2.31 bits per heavy atom. The first-order valence-corrected chi connectivity index (χ1v) is 5.03. The average molecular weight is 198 g/mol. The van der Waals surface area contributed by atoms with Crippen LogP contribution in [0.4, 0.5) is 0 Å². The summed E-state index contributed by atoms with van der Waals surface area (Å²) in [5, 5.41) is 0. The summed E-state index contributed by atoms with van der Waals surface area (Å²) in [6.45, 7) is 0. The van der Waals surface area contributed by atoms with E-state index >= 15 is 0 Å². The average Bonchev–Trinajstić information content (AvgIpc) is 2.16. The highest BCUT2D eigenvalue weighted by Crippen LogP contribution is 2.18. The first-order valence-electron chi connectivity index (χ1n) is 3.80. The normalized spacial score (nSPS) is 9.77. The molecule has 1 aromatic heterocycles. The first kappa shape index (κ1) is 10.1. The molecule has 0 atom stereocenters. The number of esters is 1. The molecule has 0 saturated heterocycles. The summed E-state index contributed by atoms with van der Waals surface area (Å²) in [6, 6.07) is 1.76. The van der Waals surface area contributed by atoms with Crippen LogP contribution < -0.4 is 4.57 Å². The Kier molecular flexibility index (Phi) is 3.31. The van der Waals surface area contributed by atoms with Gasteiger partial charge in [0.05, 0.1) is 17.6 Å². The van der Waals surface area contributed by atoms with Crippen molar-refractivity contribution in [3.63, 3.8) is 0 Å². The van der Waals surface area contributed by atoms with Gasteiger partial charge in [-0.3, -0.25) is 0 Å². The molecule has 70 valence electrons. The van der Waals surface area contributed by atoms with Crippen molar-refractivity contribution in [2.24, 2.45) is 7.05 Å². The molecular weight excluding hydrogens is 186 g/mol. The molecule has 1 aromatic rings. The van der Waals surface area contributed by atoms with E-state index in [-0.39, 0.29) is 5.97 Å². The maximum atomic E-state index is 11.3. The van der Waals surface area contributed by atoms with Gasteiger partial charge >= 0.3 is 5.97 Å². The van der Waals surface area contributed by atoms with Crippen LogP contribution in [0.15, 0.2) is 23.4 Å². The minimum Gasteiger partial charge on any atom is -0.465 e. The largest absolute Gasteiger partial charge is 0.465 e. The fourth-order valence-corrected chi connectivity index (χ4v) is 1.66. The van der Waals surface area contributed by atoms with Crippen LogP contribution in [-0.4, -0.2) is 19.3 Å². The zero-order valence-electron chi connectivity index (χ0n) is 7.90. The summed E-state index contributed by atoms with van der Waals surface area (Å²) >= 11 is 1.53. The molecule has 3 nitrogen and oxygen atoms in total. The van der Waals surface area contributed by atoms with Gasteiger partial charge in [-0.15, -0.1) is 11.8 Å². The van der Waals surface area contributed by atoms with Crippen molar-refractivity contribution in [3.8, 4) is 0 Å². The van der Waals surface area contributed by atoms with Crippen LogP contribution in [0.3, 0.4) is 0 Å². The molecule has 0 aliphatic rings. The van der Waals surface area contributed by atoms with Crippen molar-refractivity contribution in [2.45, 2.75) is 4.90 Å². The topological polar surface area (TPSA) is 30.2 Å². The van der Waals surface area contributed by atoms with Crippen LogP contribution in [0.2, 0.25) is 0 Å². The van der Waals surface area contributed by atoms with E-state index in [2.05, 4.69) is 4.74 Å². The standard InChI is InChI=1S/C9H12NO2S/c1-10-5-4-7(9(11)12-2)8(6-10)13-3/h4-6H,1-3H3/q+1. The molecule has 0 aliphatic heterocycles. The summed E-state index contributed by atoms with van der Waals surface area (Å²) < 4.78 is 6.56. The second kappa shape index (κ2) is 4.28. The Labute approximate surface area is 81.7 Å². The van der Waals surface area contributed by atoms with E-state index in [1.54, 1.807) is 6.07 Å². The first-order chi connectivity index (χ1) is 6.19. The van der Waals surface area contributed by atoms with Gasteiger partial charge < -0.3 is 4.74 Å². The van der Waals surface area contributed by atoms with Crippen molar-refractivity contribution in [1.29, 1.82) is 0 Å². The number of pyridine rings is 1. The molecule has 1 heterocycles. The van der Waals surface area contributed by atoms with Gasteiger partial charge in [0, 0.05) is 6.07 Å². The van der Waals surface area contributed by atoms with E-state index in [0.29, 0.717) is 5.56 Å². The van der Waals surface area contributed by atoms with E-state index in [0.717, 1.165) is 4.90 Å². The van der Waals surface area contributed by atoms with Crippen molar-refractivity contribution in [3.05, 3.63) is 24.0 Å². The molecule has 0 aromatic carbocycles. The minimum atomic E-state index is -0.287. The number of ether oxygens (including phenoxy) is 1. The monoisotopic (exact) mass is 198 g/mol. The number of nitrogens with zero attached hydrogens (tertiary/aromatic N) is 1. The SMILES string of the molecule is COC(=O)c1cc[n+](C)cc1SC. The van der Waals surface area contributed by atoms with E-state index in [4.69, 9.17) is 0 Å². The fraction of sp³-hybridized carbons (Fsp3) is 0.333. The number of rotatable bonds is 2. The second-order valence-corrected chi connectivity index (χ2v) is 3.43. The van der Waals surface area contributed by atoms with Crippen molar-refractivity contribution >= 4 is 17.7 Å². The predicted molar refractivity (Wildman–Crippen MR) is 50.7 cm³/mol. The molecule has 0 radical (unpaired) electrons. The van der Waals surface area contributed by atoms with Gasteiger partial charge in [0.15, 0.2) is 12.4 Å². The van der Waals surface area contributed by atoms with Gasteiger partial charge in [0.2, 0.25) is 0 Å². The highest BCUT2D eigenvalue weighted by molar-refractivity contribution is 7.98. The van der Waals surface area contributed by atoms with Crippen molar-refractivity contribution in [1.82, 2.24) is 0 Å². The van der Waals surface area contributed by atoms with Gasteiger partial charge in [0.1, 0.15) is 7.05 Å². The number of aryl methyl sites for hydroxylation is 1. The molecule has 0 unspecified atom stereocenters. The minimum absolute atomic E-state index is 0.287. The number of carbonyl (C=O) groups is 1. The van der Waals surface area contributed by atoms with E-state index < -0.39 is 0 Å². The lowest BCUT2D eigenvalue weighted by Gasteiger charge is -2.02. The quantitative estimate of drug-likeness (QED) is 0.404. The summed E-state index contributed by atoms with van der Waals surface area (Å²) in [6.07, 6.45) is 5.66. The molecule has 0 amide bonds. The number of thioether (sulfide) groups is 1. The fourth-order valence-electron chi connectivity index (χ4n) is 1.01. The molecular formula is C9H12NO2S+. The van der Waals surface area contributed by atoms with E-state index in [1.165, 1.54) is 18.9 Å². The van der Waals surface area contributed by atoms with Crippen LogP contribution in [0.25, 0.3) is 0 Å². The lowest BCUT2D eigenvalue weighted by Crippen LogP contribution is -2.27. The zero-order chi connectivity index (χ0) is 9.84. The number of hydrogen-bond donors (Lipinski definition) is 0. The molecule has 4 heteroatoms.